The van der Waals surface area contributed by atoms with Gasteiger partial charge in [0.1, 0.15) is 0 Å². The van der Waals surface area contributed by atoms with Gasteiger partial charge in [0.15, 0.2) is 0 Å². The van der Waals surface area contributed by atoms with E-state index in [4.69, 9.17) is 13.9 Å². The number of pyridine rings is 1. The molecule has 0 saturated carbocycles. The minimum Gasteiger partial charge on any atom is -0.415 e. The Bertz CT molecular complexity index is 650. The number of nitrogens with zero attached hydrogens (tertiary/aromatic N) is 4. The van der Waals surface area contributed by atoms with Gasteiger partial charge in [0.05, 0.1) is 37.2 Å². The lowest BCUT2D eigenvalue weighted by atomic mass is 10.2. The number of halogens is 2. The van der Waals surface area contributed by atoms with E-state index in [1.54, 1.807) is 12.1 Å². The maximum Gasteiger partial charge on any atom is 0.314 e. The SMILES string of the molecule is CN1CCO[C@@H](COCc2ccc(-c3nnc(C(F)F)o3)cn2)C1. The lowest BCUT2D eigenvalue weighted by Crippen LogP contribution is -2.42. The van der Waals surface area contributed by atoms with Crippen molar-refractivity contribution in [2.45, 2.75) is 19.1 Å². The number of alkyl halides is 2. The highest BCUT2D eigenvalue weighted by Crippen LogP contribution is 2.22. The quantitative estimate of drug-likeness (QED) is 0.795. The summed E-state index contributed by atoms with van der Waals surface area (Å²) in [5.41, 5.74) is 1.20. The molecule has 9 heteroatoms. The number of likely N-dealkylation sites (N-methyl/N-ethyl adjacent to an activating group) is 1. The van der Waals surface area contributed by atoms with Gasteiger partial charge in [0, 0.05) is 19.3 Å². The predicted molar refractivity (Wildman–Crippen MR) is 79.4 cm³/mol. The monoisotopic (exact) mass is 340 g/mol. The van der Waals surface area contributed by atoms with E-state index in [2.05, 4.69) is 20.1 Å². The molecule has 24 heavy (non-hydrogen) atoms. The molecule has 3 heterocycles. The second kappa shape index (κ2) is 7.73. The number of ether oxygens (including phenoxy) is 2. The zero-order valence-electron chi connectivity index (χ0n) is 13.2. The van der Waals surface area contributed by atoms with Crippen LogP contribution in [0.25, 0.3) is 11.5 Å². The molecule has 0 aliphatic carbocycles. The first-order valence-corrected chi connectivity index (χ1v) is 7.56. The summed E-state index contributed by atoms with van der Waals surface area (Å²) in [5, 5.41) is 6.86. The van der Waals surface area contributed by atoms with Gasteiger partial charge in [-0.1, -0.05) is 0 Å². The van der Waals surface area contributed by atoms with Crippen LogP contribution >= 0.6 is 0 Å². The summed E-state index contributed by atoms with van der Waals surface area (Å²) >= 11 is 0. The first-order chi connectivity index (χ1) is 11.6. The van der Waals surface area contributed by atoms with Crippen molar-refractivity contribution in [3.05, 3.63) is 29.9 Å². The lowest BCUT2D eigenvalue weighted by Gasteiger charge is -2.29. The zero-order chi connectivity index (χ0) is 16.9. The molecule has 2 aromatic heterocycles. The van der Waals surface area contributed by atoms with E-state index >= 15 is 0 Å². The predicted octanol–water partition coefficient (Wildman–Crippen LogP) is 1.92. The van der Waals surface area contributed by atoms with E-state index in [0.717, 1.165) is 18.8 Å². The normalized spacial score (nSPS) is 19.1. The summed E-state index contributed by atoms with van der Waals surface area (Å²) in [4.78, 5) is 6.41. The summed E-state index contributed by atoms with van der Waals surface area (Å²) in [5.74, 6) is -0.682. The van der Waals surface area contributed by atoms with Gasteiger partial charge in [-0.3, -0.25) is 4.98 Å². The zero-order valence-corrected chi connectivity index (χ0v) is 13.2. The number of morpholine rings is 1. The molecule has 0 aromatic carbocycles. The second-order valence-electron chi connectivity index (χ2n) is 5.55. The van der Waals surface area contributed by atoms with Crippen LogP contribution in [0.15, 0.2) is 22.7 Å². The summed E-state index contributed by atoms with van der Waals surface area (Å²) in [6, 6.07) is 3.41. The Balaban J connectivity index is 1.50. The molecule has 2 aromatic rings. The first kappa shape index (κ1) is 16.9. The van der Waals surface area contributed by atoms with Crippen LogP contribution in [0.2, 0.25) is 0 Å². The molecule has 0 unspecified atom stereocenters. The van der Waals surface area contributed by atoms with Crippen LogP contribution in [0.1, 0.15) is 18.0 Å². The molecule has 7 nitrogen and oxygen atoms in total. The Morgan fingerprint density at radius 3 is 2.92 bits per heavy atom. The maximum absolute atomic E-state index is 12.4. The van der Waals surface area contributed by atoms with E-state index in [0.29, 0.717) is 25.4 Å². The Hall–Kier alpha value is -1.97. The summed E-state index contributed by atoms with van der Waals surface area (Å²) in [6.45, 7) is 3.33. The molecule has 1 aliphatic heterocycles. The van der Waals surface area contributed by atoms with Gasteiger partial charge in [-0.15, -0.1) is 10.2 Å². The molecule has 0 radical (unpaired) electrons. The summed E-state index contributed by atoms with van der Waals surface area (Å²) in [7, 11) is 2.05. The van der Waals surface area contributed by atoms with Gasteiger partial charge in [-0.05, 0) is 19.2 Å². The van der Waals surface area contributed by atoms with Crippen LogP contribution in [0.3, 0.4) is 0 Å². The van der Waals surface area contributed by atoms with Gasteiger partial charge >= 0.3 is 6.43 Å². The Morgan fingerprint density at radius 2 is 2.25 bits per heavy atom. The second-order valence-corrected chi connectivity index (χ2v) is 5.55. The van der Waals surface area contributed by atoms with Crippen molar-refractivity contribution >= 4 is 0 Å². The average molecular weight is 340 g/mol. The Labute approximate surface area is 137 Å². The fourth-order valence-corrected chi connectivity index (χ4v) is 2.34. The smallest absolute Gasteiger partial charge is 0.314 e. The van der Waals surface area contributed by atoms with Gasteiger partial charge in [0.25, 0.3) is 5.89 Å². The standard InChI is InChI=1S/C15H18F2N4O3/c1-21-4-5-23-12(7-21)9-22-8-11-3-2-10(6-18-11)14-19-20-15(24-14)13(16)17/h2-3,6,12-13H,4-5,7-9H2,1H3/t12-/m1/s1. The fourth-order valence-electron chi connectivity index (χ4n) is 2.34. The average Bonchev–Trinajstić information content (AvgIpc) is 3.06. The molecule has 1 fully saturated rings. The van der Waals surface area contributed by atoms with Gasteiger partial charge in [0.2, 0.25) is 5.89 Å². The first-order valence-electron chi connectivity index (χ1n) is 7.56. The molecule has 0 bridgehead atoms. The van der Waals surface area contributed by atoms with Crippen LogP contribution < -0.4 is 0 Å². The molecule has 0 amide bonds. The van der Waals surface area contributed by atoms with Crippen molar-refractivity contribution < 1.29 is 22.7 Å². The van der Waals surface area contributed by atoms with E-state index in [1.807, 2.05) is 7.05 Å². The number of hydrogen-bond acceptors (Lipinski definition) is 7. The Kier molecular flexibility index (Phi) is 5.44. The van der Waals surface area contributed by atoms with E-state index < -0.39 is 12.3 Å². The van der Waals surface area contributed by atoms with E-state index in [9.17, 15) is 8.78 Å². The number of hydrogen-bond donors (Lipinski definition) is 0. The maximum atomic E-state index is 12.4. The number of rotatable bonds is 6. The van der Waals surface area contributed by atoms with Gasteiger partial charge < -0.3 is 18.8 Å². The van der Waals surface area contributed by atoms with Gasteiger partial charge in [-0.2, -0.15) is 8.78 Å². The molecule has 1 saturated heterocycles. The fraction of sp³-hybridized carbons (Fsp3) is 0.533. The molecule has 0 N–H and O–H groups in total. The van der Waals surface area contributed by atoms with Crippen LogP contribution in [-0.4, -0.2) is 59.5 Å². The third kappa shape index (κ3) is 4.31. The lowest BCUT2D eigenvalue weighted by molar-refractivity contribution is -0.0667. The van der Waals surface area contributed by atoms with Crippen molar-refractivity contribution in [2.75, 3.05) is 33.4 Å². The Morgan fingerprint density at radius 1 is 1.38 bits per heavy atom. The molecule has 1 atom stereocenters. The van der Waals surface area contributed by atoms with Crippen molar-refractivity contribution in [1.29, 1.82) is 0 Å². The van der Waals surface area contributed by atoms with Crippen LogP contribution in [-0.2, 0) is 16.1 Å². The number of aromatic nitrogens is 3. The molecule has 130 valence electrons. The molecule has 1 aliphatic rings. The highest BCUT2D eigenvalue weighted by molar-refractivity contribution is 5.50. The van der Waals surface area contributed by atoms with Crippen molar-refractivity contribution in [1.82, 2.24) is 20.1 Å². The van der Waals surface area contributed by atoms with E-state index in [-0.39, 0.29) is 12.0 Å². The largest absolute Gasteiger partial charge is 0.415 e. The van der Waals surface area contributed by atoms with Gasteiger partial charge in [-0.25, -0.2) is 0 Å². The van der Waals surface area contributed by atoms with Crippen LogP contribution in [0, 0.1) is 0 Å². The minimum absolute atomic E-state index is 0.0175. The van der Waals surface area contributed by atoms with Crippen molar-refractivity contribution in [3.8, 4) is 11.5 Å². The van der Waals surface area contributed by atoms with E-state index in [1.165, 1.54) is 6.20 Å². The molecular formula is C15H18F2N4O3. The molecule has 3 rings (SSSR count). The summed E-state index contributed by atoms with van der Waals surface area (Å²) < 4.78 is 41.0. The topological polar surface area (TPSA) is 73.5 Å². The molecule has 0 spiro atoms. The molecular weight excluding hydrogens is 322 g/mol. The van der Waals surface area contributed by atoms with Crippen LogP contribution in [0.4, 0.5) is 8.78 Å². The minimum atomic E-state index is -2.78. The van der Waals surface area contributed by atoms with Crippen molar-refractivity contribution in [3.63, 3.8) is 0 Å². The van der Waals surface area contributed by atoms with Crippen LogP contribution in [0.5, 0.6) is 0 Å². The third-order valence-corrected chi connectivity index (χ3v) is 3.59. The van der Waals surface area contributed by atoms with Crippen molar-refractivity contribution in [2.24, 2.45) is 0 Å². The highest BCUT2D eigenvalue weighted by atomic mass is 19.3. The third-order valence-electron chi connectivity index (χ3n) is 3.59. The summed E-state index contributed by atoms with van der Waals surface area (Å²) in [6.07, 6.45) is -1.23. The highest BCUT2D eigenvalue weighted by Gasteiger charge is 2.18.